The third-order valence-electron chi connectivity index (χ3n) is 3.81. The number of carboxylic acids is 1. The molecule has 10 nitrogen and oxygen atoms in total. The van der Waals surface area contributed by atoms with Crippen molar-refractivity contribution < 1.29 is 24.7 Å². The van der Waals surface area contributed by atoms with Gasteiger partial charge >= 0.3 is 5.97 Å². The number of thioether (sulfide) groups is 1. The first-order valence-corrected chi connectivity index (χ1v) is 9.09. The van der Waals surface area contributed by atoms with Crippen molar-refractivity contribution in [3.05, 3.63) is 35.0 Å². The first-order valence-electron chi connectivity index (χ1n) is 7.16. The van der Waals surface area contributed by atoms with E-state index in [2.05, 4.69) is 22.0 Å². The number of aromatic nitrogens is 1. The average molecular weight is 395 g/mol. The molecular weight excluding hydrogens is 382 g/mol. The predicted octanol–water partition coefficient (Wildman–Crippen LogP) is -0.172. The molecule has 0 bridgehead atoms. The summed E-state index contributed by atoms with van der Waals surface area (Å²) in [6.07, 6.45) is 1.40. The van der Waals surface area contributed by atoms with Crippen molar-refractivity contribution in [2.45, 2.75) is 11.4 Å². The molecule has 136 valence electrons. The minimum Gasteiger partial charge on any atom is -0.477 e. The number of fused-ring (bicyclic) bond motifs is 1. The number of β-lactam (4-membered cyclic amide) rings is 1. The van der Waals surface area contributed by atoms with Crippen LogP contribution in [-0.2, 0) is 14.4 Å². The zero-order chi connectivity index (χ0) is 19.0. The van der Waals surface area contributed by atoms with E-state index in [0.29, 0.717) is 11.3 Å². The Labute approximate surface area is 155 Å². The summed E-state index contributed by atoms with van der Waals surface area (Å²) in [5, 5.41) is 24.9. The quantitative estimate of drug-likeness (QED) is 0.231. The van der Waals surface area contributed by atoms with Gasteiger partial charge in [0.25, 0.3) is 11.8 Å². The average Bonchev–Trinajstić information content (AvgIpc) is 3.04. The van der Waals surface area contributed by atoms with E-state index in [1.54, 1.807) is 0 Å². The first-order chi connectivity index (χ1) is 12.4. The molecule has 12 heteroatoms. The first kappa shape index (κ1) is 17.9. The van der Waals surface area contributed by atoms with E-state index in [-0.39, 0.29) is 22.2 Å². The fourth-order valence-electron chi connectivity index (χ4n) is 2.62. The third kappa shape index (κ3) is 2.82. The lowest BCUT2D eigenvalue weighted by molar-refractivity contribution is -0.150. The van der Waals surface area contributed by atoms with Gasteiger partial charge in [0.1, 0.15) is 22.8 Å². The number of hydrogen-bond donors (Lipinski definition) is 4. The Morgan fingerprint density at radius 2 is 2.27 bits per heavy atom. The Balaban J connectivity index is 1.78. The largest absolute Gasteiger partial charge is 0.477 e. The maximum Gasteiger partial charge on any atom is 0.352 e. The summed E-state index contributed by atoms with van der Waals surface area (Å²) >= 11 is 2.37. The summed E-state index contributed by atoms with van der Waals surface area (Å²) in [7, 11) is 0. The minimum atomic E-state index is -1.24. The molecule has 1 aromatic rings. The highest BCUT2D eigenvalue weighted by molar-refractivity contribution is 8.00. The molecular formula is C14H13N5O5S2. The molecule has 0 radical (unpaired) electrons. The Kier molecular flexibility index (Phi) is 4.70. The van der Waals surface area contributed by atoms with Crippen molar-refractivity contribution in [1.29, 1.82) is 0 Å². The van der Waals surface area contributed by atoms with Gasteiger partial charge in [-0.2, -0.15) is 0 Å². The number of allylic oxidation sites excluding steroid dienone is 1. The second-order valence-corrected chi connectivity index (χ2v) is 7.26. The van der Waals surface area contributed by atoms with E-state index in [1.165, 1.54) is 23.2 Å². The van der Waals surface area contributed by atoms with Crippen LogP contribution in [0.15, 0.2) is 34.5 Å². The SMILES string of the molecule is C=CC1=C(C(=O)O)N2C(=O)[C@@H](NC(=O)C(=NO)c3csc(N)n3)[C@@H]2SC1. The molecule has 1 saturated heterocycles. The van der Waals surface area contributed by atoms with Crippen LogP contribution in [-0.4, -0.2) is 60.9 Å². The maximum absolute atomic E-state index is 12.4. The third-order valence-corrected chi connectivity index (χ3v) is 5.79. The molecule has 2 aliphatic heterocycles. The monoisotopic (exact) mass is 395 g/mol. The van der Waals surface area contributed by atoms with Gasteiger partial charge in [-0.15, -0.1) is 23.1 Å². The Morgan fingerprint density at radius 1 is 1.54 bits per heavy atom. The molecule has 0 unspecified atom stereocenters. The van der Waals surface area contributed by atoms with Crippen molar-refractivity contribution >= 4 is 51.7 Å². The summed E-state index contributed by atoms with van der Waals surface area (Å²) in [6, 6.07) is -0.944. The van der Waals surface area contributed by atoms with Gasteiger partial charge in [-0.05, 0) is 5.57 Å². The number of thiazole rings is 1. The van der Waals surface area contributed by atoms with Gasteiger partial charge in [0.15, 0.2) is 10.8 Å². The Morgan fingerprint density at radius 3 is 2.81 bits per heavy atom. The van der Waals surface area contributed by atoms with E-state index in [4.69, 9.17) is 10.9 Å². The minimum absolute atomic E-state index is 0.0764. The molecule has 2 amide bonds. The van der Waals surface area contributed by atoms with Crippen molar-refractivity contribution in [2.24, 2.45) is 5.16 Å². The highest BCUT2D eigenvalue weighted by atomic mass is 32.2. The standard InChI is InChI=1S/C14H13N5O5S2/c1-2-5-3-25-12-8(11(21)19(12)9(5)13(22)23)17-10(20)7(18-24)6-4-26-14(15)16-6/h2,4,8,12,24H,1,3H2,(H2,15,16)(H,17,20)(H,22,23)/t8-,12+/m1/s1. The zero-order valence-corrected chi connectivity index (χ0v) is 14.7. The second-order valence-electron chi connectivity index (χ2n) is 5.26. The van der Waals surface area contributed by atoms with E-state index in [1.807, 2.05) is 0 Å². The van der Waals surface area contributed by atoms with Crippen molar-refractivity contribution in [3.8, 4) is 0 Å². The van der Waals surface area contributed by atoms with Crippen LogP contribution in [0.25, 0.3) is 0 Å². The highest BCUT2D eigenvalue weighted by Gasteiger charge is 2.54. The zero-order valence-electron chi connectivity index (χ0n) is 13.1. The van der Waals surface area contributed by atoms with E-state index in [0.717, 1.165) is 16.2 Å². The number of nitrogens with zero attached hydrogens (tertiary/aromatic N) is 3. The van der Waals surface area contributed by atoms with E-state index in [9.17, 15) is 19.5 Å². The van der Waals surface area contributed by atoms with Gasteiger partial charge in [0.2, 0.25) is 0 Å². The number of carbonyl (C=O) groups is 3. The number of oxime groups is 1. The molecule has 0 saturated carbocycles. The molecule has 3 rings (SSSR count). The number of nitrogen functional groups attached to an aromatic ring is 1. The maximum atomic E-state index is 12.4. The number of carbonyl (C=O) groups excluding carboxylic acids is 2. The highest BCUT2D eigenvalue weighted by Crippen LogP contribution is 2.40. The van der Waals surface area contributed by atoms with Crippen molar-refractivity contribution in [3.63, 3.8) is 0 Å². The van der Waals surface area contributed by atoms with Gasteiger partial charge in [-0.3, -0.25) is 14.5 Å². The van der Waals surface area contributed by atoms with Crippen LogP contribution >= 0.6 is 23.1 Å². The Hall–Kier alpha value is -2.86. The summed E-state index contributed by atoms with van der Waals surface area (Å²) in [6.45, 7) is 3.56. The smallest absolute Gasteiger partial charge is 0.352 e. The molecule has 1 aromatic heterocycles. The van der Waals surface area contributed by atoms with Crippen LogP contribution in [0.1, 0.15) is 5.69 Å². The molecule has 0 aliphatic carbocycles. The topological polar surface area (TPSA) is 158 Å². The van der Waals surface area contributed by atoms with Crippen LogP contribution in [0.5, 0.6) is 0 Å². The fraction of sp³-hybridized carbons (Fsp3) is 0.214. The second kappa shape index (κ2) is 6.80. The number of nitrogens with two attached hydrogens (primary N) is 1. The summed E-state index contributed by atoms with van der Waals surface area (Å²) < 4.78 is 0. The molecule has 2 atom stereocenters. The van der Waals surface area contributed by atoms with Gasteiger partial charge < -0.3 is 21.4 Å². The lowest BCUT2D eigenvalue weighted by atomic mass is 10.0. The molecule has 3 heterocycles. The number of amides is 2. The number of aliphatic carboxylic acids is 1. The van der Waals surface area contributed by atoms with Crippen LogP contribution in [0.3, 0.4) is 0 Å². The van der Waals surface area contributed by atoms with Crippen LogP contribution < -0.4 is 11.1 Å². The van der Waals surface area contributed by atoms with Gasteiger partial charge in [0.05, 0.1) is 0 Å². The van der Waals surface area contributed by atoms with Crippen LogP contribution in [0, 0.1) is 0 Å². The van der Waals surface area contributed by atoms with Crippen LogP contribution in [0.2, 0.25) is 0 Å². The van der Waals surface area contributed by atoms with Crippen LogP contribution in [0.4, 0.5) is 5.13 Å². The van der Waals surface area contributed by atoms with Crippen molar-refractivity contribution in [2.75, 3.05) is 11.5 Å². The molecule has 5 N–H and O–H groups in total. The number of carboxylic acid groups (broad SMARTS) is 1. The number of hydrogen-bond acceptors (Lipinski definition) is 9. The van der Waals surface area contributed by atoms with E-state index >= 15 is 0 Å². The lowest BCUT2D eigenvalue weighted by Crippen LogP contribution is -2.71. The number of anilines is 1. The number of nitrogens with one attached hydrogen (secondary N) is 1. The van der Waals surface area contributed by atoms with Gasteiger partial charge in [-0.25, -0.2) is 9.78 Å². The van der Waals surface area contributed by atoms with Gasteiger partial charge in [-0.1, -0.05) is 17.8 Å². The summed E-state index contributed by atoms with van der Waals surface area (Å²) in [5.74, 6) is -2.27. The summed E-state index contributed by atoms with van der Waals surface area (Å²) in [4.78, 5) is 41.2. The van der Waals surface area contributed by atoms with E-state index < -0.39 is 29.2 Å². The van der Waals surface area contributed by atoms with Gasteiger partial charge in [0, 0.05) is 11.1 Å². The molecule has 0 spiro atoms. The normalized spacial score (nSPS) is 22.5. The predicted molar refractivity (Wildman–Crippen MR) is 94.7 cm³/mol. The summed E-state index contributed by atoms with van der Waals surface area (Å²) in [5.41, 5.74) is 5.49. The Bertz CT molecular complexity index is 877. The lowest BCUT2D eigenvalue weighted by Gasteiger charge is -2.49. The molecule has 2 aliphatic rings. The molecule has 1 fully saturated rings. The van der Waals surface area contributed by atoms with Crippen molar-refractivity contribution in [1.82, 2.24) is 15.2 Å². The fourth-order valence-corrected chi connectivity index (χ4v) is 4.51. The number of rotatable bonds is 5. The molecule has 0 aromatic carbocycles. The molecule has 26 heavy (non-hydrogen) atoms.